The molecule has 0 heterocycles. The molecule has 4 nitrogen and oxygen atoms in total. The molecule has 0 aliphatic carbocycles. The molecule has 0 fully saturated rings. The Hall–Kier alpha value is 1.98. The van der Waals surface area contributed by atoms with Gasteiger partial charge in [0.15, 0.2) is 0 Å². The summed E-state index contributed by atoms with van der Waals surface area (Å²) < 4.78 is 0. The third kappa shape index (κ3) is 72.9. The summed E-state index contributed by atoms with van der Waals surface area (Å²) in [5.74, 6) is 0. The van der Waals surface area contributed by atoms with Crippen molar-refractivity contribution < 1.29 is 63.1 Å². The van der Waals surface area contributed by atoms with Gasteiger partial charge < -0.3 is 21.9 Å². The quantitative estimate of drug-likeness (QED) is 0.338. The monoisotopic (exact) mass is 572 g/mol. The molecule has 0 rings (SSSR count). The molecule has 0 aromatic rings. The molecule has 0 amide bonds. The number of hydrogen-bond acceptors (Lipinski definition) is 0. The Morgan fingerprint density at radius 2 is 0.571 bits per heavy atom. The summed E-state index contributed by atoms with van der Waals surface area (Å²) >= 11 is 0. The molecule has 0 unspecified atom stereocenters. The van der Waals surface area contributed by atoms with Crippen LogP contribution in [-0.4, -0.2) is 23.9 Å². The Morgan fingerprint density at radius 3 is 0.571 bits per heavy atom. The molecule has 0 aromatic heterocycles. The van der Waals surface area contributed by atoms with Crippen LogP contribution in [0.4, 0.5) is 0 Å². The van der Waals surface area contributed by atoms with Crippen molar-refractivity contribution in [1.29, 1.82) is 0 Å². The minimum atomic E-state index is 0. The van der Waals surface area contributed by atoms with Crippen molar-refractivity contribution in [2.75, 3.05) is 0 Å². The van der Waals surface area contributed by atoms with E-state index >= 15 is 0 Å². The Morgan fingerprint density at radius 1 is 0.571 bits per heavy atom. The zero-order valence-electron chi connectivity index (χ0n) is 2.78. The van der Waals surface area contributed by atoms with E-state index in [1.54, 1.807) is 0 Å². The van der Waals surface area contributed by atoms with Gasteiger partial charge in [-0.25, -0.2) is 0 Å². The first-order valence-corrected chi connectivity index (χ1v) is 0. The SMILES string of the molecule is [Ir+4].[O-2].[O-2].[O-2].[O-2].[Pt].[Sn+4]. The van der Waals surface area contributed by atoms with Gasteiger partial charge in [-0.05, 0) is 0 Å². The Balaban J connectivity index is 0. The van der Waals surface area contributed by atoms with Crippen LogP contribution in [0.2, 0.25) is 0 Å². The maximum absolute atomic E-state index is 0. The van der Waals surface area contributed by atoms with Gasteiger partial charge in [0.1, 0.15) is 0 Å². The Labute approximate surface area is 86.2 Å². The van der Waals surface area contributed by atoms with Crippen LogP contribution >= 0.6 is 0 Å². The fourth-order valence-electron chi connectivity index (χ4n) is 0. The average Bonchev–Trinajstić information content (AvgIpc) is 0. The summed E-state index contributed by atoms with van der Waals surface area (Å²) in [6.07, 6.45) is 0. The van der Waals surface area contributed by atoms with Gasteiger partial charge in [-0.15, -0.1) is 0 Å². The molecule has 0 saturated carbocycles. The molecule has 0 N–H and O–H groups in total. The largest absolute Gasteiger partial charge is 4.00 e. The second kappa shape index (κ2) is 99.4. The van der Waals surface area contributed by atoms with E-state index in [0.717, 1.165) is 0 Å². The molecule has 0 aromatic carbocycles. The molecule has 0 bridgehead atoms. The van der Waals surface area contributed by atoms with Crippen molar-refractivity contribution in [2.45, 2.75) is 0 Å². The second-order valence-corrected chi connectivity index (χ2v) is 0. The molecule has 0 saturated heterocycles. The molecule has 0 aliphatic heterocycles. The van der Waals surface area contributed by atoms with Gasteiger partial charge in [0.25, 0.3) is 0 Å². The number of hydrogen-bond donors (Lipinski definition) is 0. The van der Waals surface area contributed by atoms with E-state index in [1.807, 2.05) is 0 Å². The topological polar surface area (TPSA) is 114 Å². The fourth-order valence-corrected chi connectivity index (χ4v) is 0. The van der Waals surface area contributed by atoms with Crippen molar-refractivity contribution in [2.24, 2.45) is 0 Å². The van der Waals surface area contributed by atoms with Crippen LogP contribution in [0.25, 0.3) is 0 Å². The van der Waals surface area contributed by atoms with Crippen molar-refractivity contribution >= 4 is 23.9 Å². The molecular formula is IrO4PtSn. The minimum Gasteiger partial charge on any atom is -2.00 e. The molecule has 0 atom stereocenters. The van der Waals surface area contributed by atoms with Crippen LogP contribution in [-0.2, 0) is 63.1 Å². The molecule has 47 valence electrons. The van der Waals surface area contributed by atoms with Gasteiger partial charge in [-0.1, -0.05) is 0 Å². The predicted octanol–water partition coefficient (Wildman–Crippen LogP) is -0.861. The van der Waals surface area contributed by atoms with Crippen LogP contribution < -0.4 is 0 Å². The van der Waals surface area contributed by atoms with E-state index in [9.17, 15) is 0 Å². The normalized spacial score (nSPS) is 0. The summed E-state index contributed by atoms with van der Waals surface area (Å²) in [5.41, 5.74) is 0. The van der Waals surface area contributed by atoms with Crippen molar-refractivity contribution in [3.63, 3.8) is 0 Å². The zero-order chi connectivity index (χ0) is 0. The average molecular weight is 570 g/mol. The third-order valence-electron chi connectivity index (χ3n) is 0. The van der Waals surface area contributed by atoms with Crippen LogP contribution in [0.1, 0.15) is 0 Å². The van der Waals surface area contributed by atoms with Crippen molar-refractivity contribution in [3.8, 4) is 0 Å². The molecule has 0 aliphatic rings. The van der Waals surface area contributed by atoms with Gasteiger partial charge >= 0.3 is 44.0 Å². The first-order valence-electron chi connectivity index (χ1n) is 0. The first-order chi connectivity index (χ1) is 0. The molecule has 7 heavy (non-hydrogen) atoms. The van der Waals surface area contributed by atoms with E-state index in [2.05, 4.69) is 0 Å². The molecular weight excluding hydrogens is 570 g/mol. The van der Waals surface area contributed by atoms with Gasteiger partial charge in [0.2, 0.25) is 0 Å². The standard InChI is InChI=1S/Ir.4O.Pt.Sn/q+4;4*-2;;+4. The zero-order valence-corrected chi connectivity index (χ0v) is 10.3. The number of rotatable bonds is 0. The maximum Gasteiger partial charge on any atom is 4.00 e. The van der Waals surface area contributed by atoms with E-state index in [0.29, 0.717) is 0 Å². The summed E-state index contributed by atoms with van der Waals surface area (Å²) in [4.78, 5) is 0. The first kappa shape index (κ1) is 146. The van der Waals surface area contributed by atoms with Crippen LogP contribution in [0.5, 0.6) is 0 Å². The van der Waals surface area contributed by atoms with Gasteiger partial charge in [0.05, 0.1) is 0 Å². The minimum absolute atomic E-state index is 0. The van der Waals surface area contributed by atoms with E-state index in [1.165, 1.54) is 0 Å². The van der Waals surface area contributed by atoms with Gasteiger partial charge in [-0.2, -0.15) is 0 Å². The van der Waals surface area contributed by atoms with Gasteiger partial charge in [-0.3, -0.25) is 0 Å². The summed E-state index contributed by atoms with van der Waals surface area (Å²) in [7, 11) is 0. The van der Waals surface area contributed by atoms with Crippen LogP contribution in [0, 0.1) is 0 Å². The van der Waals surface area contributed by atoms with Crippen molar-refractivity contribution in [3.05, 3.63) is 0 Å². The van der Waals surface area contributed by atoms with E-state index in [4.69, 9.17) is 0 Å². The summed E-state index contributed by atoms with van der Waals surface area (Å²) in [6, 6.07) is 0. The summed E-state index contributed by atoms with van der Waals surface area (Å²) in [6.45, 7) is 0. The van der Waals surface area contributed by atoms with E-state index in [-0.39, 0.29) is 87.0 Å². The summed E-state index contributed by atoms with van der Waals surface area (Å²) in [5, 5.41) is 0. The van der Waals surface area contributed by atoms with Crippen molar-refractivity contribution in [1.82, 2.24) is 0 Å². The molecule has 7 heteroatoms. The Kier molecular flexibility index (Phi) is 2080. The smallest absolute Gasteiger partial charge is 2.00 e. The second-order valence-electron chi connectivity index (χ2n) is 0. The molecule has 0 spiro atoms. The third-order valence-corrected chi connectivity index (χ3v) is 0. The fraction of sp³-hybridized carbons (Fsp3) is 0. The molecule has 1 radical (unpaired) electrons. The van der Waals surface area contributed by atoms with E-state index < -0.39 is 0 Å². The van der Waals surface area contributed by atoms with Gasteiger partial charge in [0, 0.05) is 21.1 Å². The Bertz CT molecular complexity index is 11.7. The predicted molar refractivity (Wildman–Crippen MR) is 8.50 cm³/mol. The maximum atomic E-state index is 0. The van der Waals surface area contributed by atoms with Crippen LogP contribution in [0.15, 0.2) is 0 Å². The van der Waals surface area contributed by atoms with Crippen LogP contribution in [0.3, 0.4) is 0 Å².